The maximum Gasteiger partial charge on any atom is 0.308 e. The number of hydrogen-bond donors (Lipinski definition) is 1. The van der Waals surface area contributed by atoms with Crippen molar-refractivity contribution in [2.75, 3.05) is 0 Å². The number of aromatic nitrogens is 1. The molecule has 6 heteroatoms. The van der Waals surface area contributed by atoms with Crippen LogP contribution in [0.15, 0.2) is 17.5 Å². The molecule has 112 valence electrons. The minimum Gasteiger partial charge on any atom is -0.481 e. The van der Waals surface area contributed by atoms with Crippen LogP contribution in [0.5, 0.6) is 0 Å². The van der Waals surface area contributed by atoms with Gasteiger partial charge < -0.3 is 5.11 Å². The Morgan fingerprint density at radius 1 is 1.38 bits per heavy atom. The van der Waals surface area contributed by atoms with Crippen LogP contribution >= 0.6 is 34.4 Å². The lowest BCUT2D eigenvalue weighted by atomic mass is 10.3. The highest BCUT2D eigenvalue weighted by molar-refractivity contribution is 7.99. The van der Waals surface area contributed by atoms with E-state index < -0.39 is 5.97 Å². The van der Waals surface area contributed by atoms with Crippen molar-refractivity contribution < 1.29 is 9.90 Å². The molecule has 0 aromatic carbocycles. The number of hydrogen-bond acceptors (Lipinski definition) is 5. The summed E-state index contributed by atoms with van der Waals surface area (Å²) in [4.78, 5) is 17.4. The van der Waals surface area contributed by atoms with Crippen molar-refractivity contribution in [2.45, 2.75) is 43.1 Å². The lowest BCUT2D eigenvalue weighted by Crippen LogP contribution is -1.96. The highest BCUT2D eigenvalue weighted by Gasteiger charge is 2.16. The van der Waals surface area contributed by atoms with Gasteiger partial charge in [0.05, 0.1) is 17.0 Å². The molecular formula is C15H17NO2S3. The first kappa shape index (κ1) is 15.1. The van der Waals surface area contributed by atoms with Gasteiger partial charge in [-0.25, -0.2) is 4.98 Å². The number of thiophene rings is 1. The first-order chi connectivity index (χ1) is 10.2. The Balaban J connectivity index is 1.61. The molecule has 3 nitrogen and oxygen atoms in total. The number of thiazole rings is 1. The second kappa shape index (κ2) is 6.94. The molecule has 0 saturated heterocycles. The van der Waals surface area contributed by atoms with Crippen LogP contribution < -0.4 is 0 Å². The van der Waals surface area contributed by atoms with Gasteiger partial charge >= 0.3 is 5.97 Å². The van der Waals surface area contributed by atoms with Gasteiger partial charge in [0.25, 0.3) is 0 Å². The van der Waals surface area contributed by atoms with E-state index in [9.17, 15) is 4.79 Å². The molecule has 1 aliphatic rings. The lowest BCUT2D eigenvalue weighted by molar-refractivity contribution is -0.136. The van der Waals surface area contributed by atoms with E-state index in [1.54, 1.807) is 11.3 Å². The van der Waals surface area contributed by atoms with Crippen molar-refractivity contribution in [3.63, 3.8) is 0 Å². The summed E-state index contributed by atoms with van der Waals surface area (Å²) in [5.41, 5.74) is 0.990. The van der Waals surface area contributed by atoms with Gasteiger partial charge in [0.15, 0.2) is 0 Å². The van der Waals surface area contributed by atoms with Crippen molar-refractivity contribution in [1.82, 2.24) is 4.98 Å². The minimum atomic E-state index is -0.782. The first-order valence-electron chi connectivity index (χ1n) is 7.07. The van der Waals surface area contributed by atoms with Gasteiger partial charge in [0.1, 0.15) is 5.01 Å². The SMILES string of the molecule is O=C(O)Cc1ccc(-c2csc(CSC3CCCC3)n2)s1. The monoisotopic (exact) mass is 339 g/mol. The van der Waals surface area contributed by atoms with Crippen molar-refractivity contribution >= 4 is 40.4 Å². The number of carboxylic acid groups (broad SMARTS) is 1. The Morgan fingerprint density at radius 3 is 2.95 bits per heavy atom. The summed E-state index contributed by atoms with van der Waals surface area (Å²) in [5.74, 6) is 0.221. The van der Waals surface area contributed by atoms with E-state index in [1.165, 1.54) is 42.0 Å². The Morgan fingerprint density at radius 2 is 2.19 bits per heavy atom. The number of thioether (sulfide) groups is 1. The summed E-state index contributed by atoms with van der Waals surface area (Å²) in [5, 5.41) is 12.9. The molecule has 1 aliphatic carbocycles. The molecule has 1 N–H and O–H groups in total. The van der Waals surface area contributed by atoms with Crippen LogP contribution in [0.4, 0.5) is 0 Å². The normalized spacial score (nSPS) is 15.6. The molecule has 0 radical (unpaired) electrons. The predicted octanol–water partition coefficient (Wildman–Crippen LogP) is 4.67. The number of carbonyl (C=O) groups is 1. The molecule has 1 saturated carbocycles. The molecule has 0 bridgehead atoms. The smallest absolute Gasteiger partial charge is 0.308 e. The van der Waals surface area contributed by atoms with E-state index >= 15 is 0 Å². The Labute approximate surface area is 136 Å². The molecule has 2 aromatic rings. The first-order valence-corrected chi connectivity index (χ1v) is 9.82. The maximum atomic E-state index is 10.7. The summed E-state index contributed by atoms with van der Waals surface area (Å²) in [6.45, 7) is 0. The van der Waals surface area contributed by atoms with Gasteiger partial charge in [0, 0.05) is 21.3 Å². The zero-order chi connectivity index (χ0) is 14.7. The number of nitrogens with zero attached hydrogens (tertiary/aromatic N) is 1. The van der Waals surface area contributed by atoms with E-state index in [1.807, 2.05) is 23.9 Å². The van der Waals surface area contributed by atoms with Crippen molar-refractivity contribution in [3.05, 3.63) is 27.4 Å². The number of rotatable bonds is 6. The van der Waals surface area contributed by atoms with E-state index in [4.69, 9.17) is 10.1 Å². The fourth-order valence-corrected chi connectivity index (χ4v) is 5.69. The molecule has 0 amide bonds. The Bertz CT molecular complexity index is 614. The van der Waals surface area contributed by atoms with Crippen LogP contribution in [0.3, 0.4) is 0 Å². The summed E-state index contributed by atoms with van der Waals surface area (Å²) < 4.78 is 0. The summed E-state index contributed by atoms with van der Waals surface area (Å²) in [7, 11) is 0. The minimum absolute atomic E-state index is 0.0964. The molecule has 2 aromatic heterocycles. The van der Waals surface area contributed by atoms with Crippen LogP contribution in [-0.2, 0) is 17.0 Å². The lowest BCUT2D eigenvalue weighted by Gasteiger charge is -2.05. The Hall–Kier alpha value is -0.850. The molecule has 0 atom stereocenters. The van der Waals surface area contributed by atoms with Crippen LogP contribution in [0.1, 0.15) is 35.6 Å². The number of carboxylic acids is 1. The average Bonchev–Trinajstić information content (AvgIpc) is 3.17. The van der Waals surface area contributed by atoms with Gasteiger partial charge in [-0.15, -0.1) is 22.7 Å². The van der Waals surface area contributed by atoms with Gasteiger partial charge in [-0.1, -0.05) is 12.8 Å². The fraction of sp³-hybridized carbons (Fsp3) is 0.467. The number of aliphatic carboxylic acids is 1. The fourth-order valence-electron chi connectivity index (χ4n) is 2.49. The average molecular weight is 340 g/mol. The van der Waals surface area contributed by atoms with Crippen molar-refractivity contribution in [2.24, 2.45) is 0 Å². The zero-order valence-corrected chi connectivity index (χ0v) is 14.0. The molecule has 0 spiro atoms. The third-order valence-corrected chi connectivity index (χ3v) is 7.06. The van der Waals surface area contributed by atoms with Gasteiger partial charge in [-0.3, -0.25) is 4.79 Å². The summed E-state index contributed by atoms with van der Waals surface area (Å²) in [6.07, 6.45) is 5.56. The molecule has 0 unspecified atom stereocenters. The molecule has 2 heterocycles. The third-order valence-electron chi connectivity index (χ3n) is 3.54. The molecule has 1 fully saturated rings. The highest BCUT2D eigenvalue weighted by atomic mass is 32.2. The molecule has 0 aliphatic heterocycles. The standard InChI is InChI=1S/C15H17NO2S3/c17-15(18)7-11-5-6-13(21-11)12-8-20-14(16-12)9-19-10-3-1-2-4-10/h5-6,8,10H,1-4,7,9H2,(H,17,18). The third kappa shape index (κ3) is 4.08. The van der Waals surface area contributed by atoms with E-state index in [-0.39, 0.29) is 6.42 Å². The second-order valence-electron chi connectivity index (χ2n) is 5.18. The highest BCUT2D eigenvalue weighted by Crippen LogP contribution is 2.34. The predicted molar refractivity (Wildman–Crippen MR) is 90.3 cm³/mol. The Kier molecular flexibility index (Phi) is 4.98. The second-order valence-corrected chi connectivity index (χ2v) is 8.58. The summed E-state index contributed by atoms with van der Waals surface area (Å²) in [6, 6.07) is 3.87. The van der Waals surface area contributed by atoms with E-state index in [0.717, 1.165) is 26.5 Å². The van der Waals surface area contributed by atoms with Crippen LogP contribution in [-0.4, -0.2) is 21.3 Å². The van der Waals surface area contributed by atoms with E-state index in [0.29, 0.717) is 0 Å². The van der Waals surface area contributed by atoms with Gasteiger partial charge in [0.2, 0.25) is 0 Å². The molecular weight excluding hydrogens is 322 g/mol. The van der Waals surface area contributed by atoms with Gasteiger partial charge in [-0.2, -0.15) is 11.8 Å². The molecule has 21 heavy (non-hydrogen) atoms. The van der Waals surface area contributed by atoms with Crippen molar-refractivity contribution in [1.29, 1.82) is 0 Å². The maximum absolute atomic E-state index is 10.7. The van der Waals surface area contributed by atoms with Gasteiger partial charge in [-0.05, 0) is 25.0 Å². The van der Waals surface area contributed by atoms with Crippen LogP contribution in [0.25, 0.3) is 10.6 Å². The van der Waals surface area contributed by atoms with Crippen LogP contribution in [0, 0.1) is 0 Å². The topological polar surface area (TPSA) is 50.2 Å². The van der Waals surface area contributed by atoms with Crippen molar-refractivity contribution in [3.8, 4) is 10.6 Å². The zero-order valence-electron chi connectivity index (χ0n) is 11.6. The van der Waals surface area contributed by atoms with Crippen LogP contribution in [0.2, 0.25) is 0 Å². The molecule has 3 rings (SSSR count). The summed E-state index contributed by atoms with van der Waals surface area (Å²) >= 11 is 5.27. The largest absolute Gasteiger partial charge is 0.481 e. The van der Waals surface area contributed by atoms with E-state index in [2.05, 4.69) is 5.38 Å². The quantitative estimate of drug-likeness (QED) is 0.830.